The second-order valence-corrected chi connectivity index (χ2v) is 5.97. The highest BCUT2D eigenvalue weighted by Gasteiger charge is 2.23. The van der Waals surface area contributed by atoms with E-state index in [0.29, 0.717) is 0 Å². The number of piperidine rings is 1. The maximum Gasteiger partial charge on any atom is 0.123 e. The van der Waals surface area contributed by atoms with E-state index in [9.17, 15) is 4.39 Å². The third-order valence-corrected chi connectivity index (χ3v) is 4.45. The first-order valence-corrected chi connectivity index (χ1v) is 7.85. The Balaban J connectivity index is 0.00000161. The van der Waals surface area contributed by atoms with Crippen LogP contribution in [0.4, 0.5) is 10.1 Å². The Morgan fingerprint density at radius 3 is 2.48 bits per heavy atom. The molecule has 0 bridgehead atoms. The maximum absolute atomic E-state index is 13.0. The highest BCUT2D eigenvalue weighted by Crippen LogP contribution is 2.28. The zero-order valence-electron chi connectivity index (χ0n) is 11.7. The lowest BCUT2D eigenvalue weighted by Crippen LogP contribution is -2.37. The molecule has 114 valence electrons. The topological polar surface area (TPSA) is 28.2 Å². The molecule has 1 saturated heterocycles. The minimum absolute atomic E-state index is 0. The minimum atomic E-state index is -0.206. The van der Waals surface area contributed by atoms with Crippen molar-refractivity contribution in [2.45, 2.75) is 25.4 Å². The van der Waals surface area contributed by atoms with Crippen molar-refractivity contribution < 1.29 is 4.39 Å². The van der Waals surface area contributed by atoms with Gasteiger partial charge in [-0.05, 0) is 37.1 Å². The molecule has 3 rings (SSSR count). The quantitative estimate of drug-likeness (QED) is 0.907. The lowest BCUT2D eigenvalue weighted by molar-refractivity contribution is 0.182. The Kier molecular flexibility index (Phi) is 5.96. The summed E-state index contributed by atoms with van der Waals surface area (Å²) >= 11 is 1.66. The van der Waals surface area contributed by atoms with E-state index in [4.69, 9.17) is 0 Å². The molecular weight excluding hydrogens is 309 g/mol. The minimum Gasteiger partial charge on any atom is -0.365 e. The van der Waals surface area contributed by atoms with Gasteiger partial charge < -0.3 is 5.32 Å². The molecule has 1 atom stereocenters. The molecule has 21 heavy (non-hydrogen) atoms. The molecule has 0 amide bonds. The molecule has 1 aromatic carbocycles. The number of hydrogen-bond acceptors (Lipinski definition) is 4. The number of halogens is 2. The largest absolute Gasteiger partial charge is 0.365 e. The van der Waals surface area contributed by atoms with Gasteiger partial charge in [0.2, 0.25) is 0 Å². The predicted octanol–water partition coefficient (Wildman–Crippen LogP) is 4.30. The summed E-state index contributed by atoms with van der Waals surface area (Å²) in [4.78, 5) is 7.84. The average Bonchev–Trinajstić information content (AvgIpc) is 3.01. The molecule has 1 fully saturated rings. The number of nitrogens with zero attached hydrogens (tertiary/aromatic N) is 2. The van der Waals surface area contributed by atoms with Crippen LogP contribution in [-0.4, -0.2) is 23.0 Å². The van der Waals surface area contributed by atoms with E-state index in [1.54, 1.807) is 23.5 Å². The Hall–Kier alpha value is -1.17. The van der Waals surface area contributed by atoms with E-state index in [1.807, 2.05) is 11.7 Å². The molecule has 2 heterocycles. The van der Waals surface area contributed by atoms with Crippen LogP contribution in [0.15, 0.2) is 36.0 Å². The van der Waals surface area contributed by atoms with Crippen LogP contribution >= 0.6 is 23.7 Å². The van der Waals surface area contributed by atoms with Crippen molar-refractivity contribution in [1.82, 2.24) is 9.88 Å². The van der Waals surface area contributed by atoms with Crippen molar-refractivity contribution in [3.63, 3.8) is 0 Å². The van der Waals surface area contributed by atoms with Crippen molar-refractivity contribution in [3.05, 3.63) is 46.7 Å². The van der Waals surface area contributed by atoms with Gasteiger partial charge in [0, 0.05) is 25.0 Å². The number of aromatic nitrogens is 1. The van der Waals surface area contributed by atoms with Gasteiger partial charge >= 0.3 is 0 Å². The number of likely N-dealkylation sites (tertiary alicyclic amines) is 1. The fourth-order valence-electron chi connectivity index (χ4n) is 2.58. The Morgan fingerprint density at radius 2 is 1.86 bits per heavy atom. The maximum atomic E-state index is 13.0. The highest BCUT2D eigenvalue weighted by atomic mass is 35.5. The van der Waals surface area contributed by atoms with Crippen molar-refractivity contribution in [1.29, 1.82) is 0 Å². The van der Waals surface area contributed by atoms with Crippen LogP contribution < -0.4 is 5.32 Å². The molecule has 1 aliphatic heterocycles. The second kappa shape index (κ2) is 7.73. The van der Waals surface area contributed by atoms with E-state index in [2.05, 4.69) is 15.2 Å². The SMILES string of the molecule is Cl.Fc1ccc(NC(c2cncs2)N2CCCCC2)cc1. The van der Waals surface area contributed by atoms with Crippen LogP contribution in [0.1, 0.15) is 30.3 Å². The summed E-state index contributed by atoms with van der Waals surface area (Å²) in [5.74, 6) is -0.206. The van der Waals surface area contributed by atoms with Crippen LogP contribution in [-0.2, 0) is 0 Å². The first-order chi connectivity index (χ1) is 9.83. The van der Waals surface area contributed by atoms with Crippen LogP contribution in [0.5, 0.6) is 0 Å². The second-order valence-electron chi connectivity index (χ2n) is 5.05. The standard InChI is InChI=1S/C15H18FN3S.ClH/c16-12-4-6-13(7-5-12)18-15(14-10-17-11-20-14)19-8-2-1-3-9-19;/h4-7,10-11,15,18H,1-3,8-9H2;1H. The Labute approximate surface area is 134 Å². The van der Waals surface area contributed by atoms with Crippen LogP contribution in [0, 0.1) is 5.82 Å². The van der Waals surface area contributed by atoms with Gasteiger partial charge in [0.25, 0.3) is 0 Å². The summed E-state index contributed by atoms with van der Waals surface area (Å²) in [6, 6.07) is 6.55. The van der Waals surface area contributed by atoms with Gasteiger partial charge in [-0.25, -0.2) is 4.39 Å². The summed E-state index contributed by atoms with van der Waals surface area (Å²) in [6.45, 7) is 2.19. The van der Waals surface area contributed by atoms with Crippen molar-refractivity contribution in [3.8, 4) is 0 Å². The molecule has 6 heteroatoms. The Bertz CT molecular complexity index is 526. The third-order valence-electron chi connectivity index (χ3n) is 3.62. The van der Waals surface area contributed by atoms with E-state index in [-0.39, 0.29) is 24.4 Å². The molecule has 0 saturated carbocycles. The van der Waals surface area contributed by atoms with Gasteiger partial charge in [0.15, 0.2) is 0 Å². The van der Waals surface area contributed by atoms with Crippen LogP contribution in [0.25, 0.3) is 0 Å². The van der Waals surface area contributed by atoms with E-state index < -0.39 is 0 Å². The highest BCUT2D eigenvalue weighted by molar-refractivity contribution is 7.09. The Morgan fingerprint density at radius 1 is 1.14 bits per heavy atom. The van der Waals surface area contributed by atoms with Crippen molar-refractivity contribution >= 4 is 29.4 Å². The molecule has 1 aliphatic rings. The van der Waals surface area contributed by atoms with Crippen LogP contribution in [0.2, 0.25) is 0 Å². The monoisotopic (exact) mass is 327 g/mol. The molecule has 1 N–H and O–H groups in total. The van der Waals surface area contributed by atoms with E-state index >= 15 is 0 Å². The number of benzene rings is 1. The summed E-state index contributed by atoms with van der Waals surface area (Å²) in [6.07, 6.45) is 5.83. The fraction of sp³-hybridized carbons (Fsp3) is 0.400. The summed E-state index contributed by atoms with van der Waals surface area (Å²) in [5.41, 5.74) is 2.80. The normalized spacial score (nSPS) is 17.0. The van der Waals surface area contributed by atoms with Gasteiger partial charge in [0.05, 0.1) is 10.4 Å². The molecule has 0 aliphatic carbocycles. The van der Waals surface area contributed by atoms with Gasteiger partial charge in [-0.15, -0.1) is 23.7 Å². The van der Waals surface area contributed by atoms with E-state index in [0.717, 1.165) is 18.8 Å². The molecule has 0 spiro atoms. The van der Waals surface area contributed by atoms with Crippen molar-refractivity contribution in [2.24, 2.45) is 0 Å². The first kappa shape index (κ1) is 16.2. The number of hydrogen-bond donors (Lipinski definition) is 1. The zero-order chi connectivity index (χ0) is 13.8. The lowest BCUT2D eigenvalue weighted by Gasteiger charge is -2.34. The number of rotatable bonds is 4. The molecule has 3 nitrogen and oxygen atoms in total. The predicted molar refractivity (Wildman–Crippen MR) is 87.5 cm³/mol. The number of anilines is 1. The first-order valence-electron chi connectivity index (χ1n) is 6.97. The van der Waals surface area contributed by atoms with Gasteiger partial charge in [0.1, 0.15) is 12.0 Å². The summed E-state index contributed by atoms with van der Waals surface area (Å²) in [7, 11) is 0. The number of nitrogens with one attached hydrogen (secondary N) is 1. The molecule has 1 aromatic heterocycles. The number of thiazole rings is 1. The van der Waals surface area contributed by atoms with E-state index in [1.165, 1.54) is 36.3 Å². The lowest BCUT2D eigenvalue weighted by atomic mass is 10.1. The van der Waals surface area contributed by atoms with Gasteiger partial charge in [-0.2, -0.15) is 0 Å². The summed E-state index contributed by atoms with van der Waals surface area (Å²) in [5, 5.41) is 3.51. The fourth-order valence-corrected chi connectivity index (χ4v) is 3.29. The van der Waals surface area contributed by atoms with Gasteiger partial charge in [-0.3, -0.25) is 9.88 Å². The average molecular weight is 328 g/mol. The molecule has 1 unspecified atom stereocenters. The zero-order valence-corrected chi connectivity index (χ0v) is 13.3. The molecule has 0 radical (unpaired) electrons. The van der Waals surface area contributed by atoms with Gasteiger partial charge in [-0.1, -0.05) is 6.42 Å². The molecular formula is C15H19ClFN3S. The van der Waals surface area contributed by atoms with Crippen LogP contribution in [0.3, 0.4) is 0 Å². The third kappa shape index (κ3) is 4.15. The summed E-state index contributed by atoms with van der Waals surface area (Å²) < 4.78 is 13.0. The van der Waals surface area contributed by atoms with Crippen molar-refractivity contribution in [2.75, 3.05) is 18.4 Å². The molecule has 2 aromatic rings. The smallest absolute Gasteiger partial charge is 0.123 e.